The lowest BCUT2D eigenvalue weighted by Crippen LogP contribution is -2.32. The molecule has 0 fully saturated rings. The fraction of sp³-hybridized carbons (Fsp3) is 0.312. The number of nitrogens with one attached hydrogen (secondary N) is 1. The van der Waals surface area contributed by atoms with Gasteiger partial charge < -0.3 is 10.1 Å². The molecule has 4 heteroatoms. The normalized spacial score (nSPS) is 11.4. The van der Waals surface area contributed by atoms with E-state index in [0.717, 1.165) is 20.8 Å². The average molecular weight is 336 g/mol. The van der Waals surface area contributed by atoms with Crippen LogP contribution in [0.1, 0.15) is 26.3 Å². The largest absolute Gasteiger partial charge is 0.444 e. The summed E-state index contributed by atoms with van der Waals surface area (Å²) in [6.07, 6.45) is -0.399. The second-order valence-corrected chi connectivity index (χ2v) is 6.46. The van der Waals surface area contributed by atoms with E-state index in [2.05, 4.69) is 27.3 Å². The highest BCUT2D eigenvalue weighted by Gasteiger charge is 2.16. The van der Waals surface area contributed by atoms with Crippen molar-refractivity contribution in [3.8, 4) is 0 Å². The number of alkyl carbamates (subject to hydrolysis) is 1. The number of halogens is 1. The summed E-state index contributed by atoms with van der Waals surface area (Å²) in [5.74, 6) is 0. The van der Waals surface area contributed by atoms with Crippen molar-refractivity contribution in [2.24, 2.45) is 0 Å². The van der Waals surface area contributed by atoms with Crippen LogP contribution in [0.2, 0.25) is 0 Å². The number of rotatable bonds is 2. The molecule has 106 valence electrons. The highest BCUT2D eigenvalue weighted by molar-refractivity contribution is 9.10. The van der Waals surface area contributed by atoms with Crippen LogP contribution in [0, 0.1) is 0 Å². The fourth-order valence-electron chi connectivity index (χ4n) is 1.96. The number of carbonyl (C=O) groups is 1. The van der Waals surface area contributed by atoms with Crippen molar-refractivity contribution >= 4 is 32.8 Å². The van der Waals surface area contributed by atoms with Crippen molar-refractivity contribution in [3.63, 3.8) is 0 Å². The Hall–Kier alpha value is -1.55. The summed E-state index contributed by atoms with van der Waals surface area (Å²) >= 11 is 3.54. The minimum absolute atomic E-state index is 0.399. The molecule has 0 spiro atoms. The molecular weight excluding hydrogens is 318 g/mol. The van der Waals surface area contributed by atoms with Gasteiger partial charge >= 0.3 is 6.09 Å². The first-order valence-electron chi connectivity index (χ1n) is 6.50. The lowest BCUT2D eigenvalue weighted by atomic mass is 10.0. The van der Waals surface area contributed by atoms with Gasteiger partial charge in [-0.1, -0.05) is 46.3 Å². The fourth-order valence-corrected chi connectivity index (χ4v) is 2.44. The quantitative estimate of drug-likeness (QED) is 0.868. The maximum atomic E-state index is 11.7. The predicted molar refractivity (Wildman–Crippen MR) is 84.7 cm³/mol. The van der Waals surface area contributed by atoms with Gasteiger partial charge in [-0.15, -0.1) is 0 Å². The molecule has 0 atom stereocenters. The van der Waals surface area contributed by atoms with Gasteiger partial charge in [0.25, 0.3) is 0 Å². The molecule has 0 unspecified atom stereocenters. The van der Waals surface area contributed by atoms with Crippen LogP contribution in [0.3, 0.4) is 0 Å². The number of hydrogen-bond donors (Lipinski definition) is 1. The maximum absolute atomic E-state index is 11.7. The van der Waals surface area contributed by atoms with E-state index in [1.54, 1.807) is 0 Å². The highest BCUT2D eigenvalue weighted by Crippen LogP contribution is 2.26. The zero-order chi connectivity index (χ0) is 14.8. The summed E-state index contributed by atoms with van der Waals surface area (Å²) in [6, 6.07) is 12.1. The van der Waals surface area contributed by atoms with E-state index in [1.807, 2.05) is 51.1 Å². The molecule has 0 aliphatic heterocycles. The lowest BCUT2D eigenvalue weighted by molar-refractivity contribution is 0.0524. The molecule has 2 aromatic rings. The van der Waals surface area contributed by atoms with Crippen LogP contribution in [0.4, 0.5) is 4.79 Å². The predicted octanol–water partition coefficient (Wildman–Crippen LogP) is 4.63. The molecule has 0 saturated carbocycles. The van der Waals surface area contributed by atoms with Gasteiger partial charge in [0.15, 0.2) is 0 Å². The molecule has 0 aromatic heterocycles. The molecule has 3 nitrogen and oxygen atoms in total. The molecule has 1 amide bonds. The Morgan fingerprint density at radius 1 is 1.15 bits per heavy atom. The Morgan fingerprint density at radius 3 is 2.45 bits per heavy atom. The smallest absolute Gasteiger partial charge is 0.407 e. The van der Waals surface area contributed by atoms with Gasteiger partial charge in [-0.05, 0) is 43.2 Å². The molecule has 2 rings (SSSR count). The Labute approximate surface area is 127 Å². The van der Waals surface area contributed by atoms with E-state index in [9.17, 15) is 4.79 Å². The number of benzene rings is 2. The molecule has 0 heterocycles. The standard InChI is InChI=1S/C16H18BrNO2/c1-16(2,3)20-15(19)18-10-11-8-9-14(17)13-7-5-4-6-12(11)13/h4-9H,10H2,1-3H3,(H,18,19). The first-order chi connectivity index (χ1) is 9.37. The summed E-state index contributed by atoms with van der Waals surface area (Å²) < 4.78 is 6.29. The molecular formula is C16H18BrNO2. The number of fused-ring (bicyclic) bond motifs is 1. The molecule has 0 aliphatic carbocycles. The Morgan fingerprint density at radius 2 is 1.80 bits per heavy atom. The van der Waals surface area contributed by atoms with Crippen LogP contribution in [0.15, 0.2) is 40.9 Å². The molecule has 0 bridgehead atoms. The van der Waals surface area contributed by atoms with E-state index in [-0.39, 0.29) is 0 Å². The zero-order valence-corrected chi connectivity index (χ0v) is 13.5. The van der Waals surface area contributed by atoms with E-state index >= 15 is 0 Å². The zero-order valence-electron chi connectivity index (χ0n) is 11.9. The van der Waals surface area contributed by atoms with Gasteiger partial charge in [0.05, 0.1) is 0 Å². The molecule has 0 saturated heterocycles. The topological polar surface area (TPSA) is 38.3 Å². The van der Waals surface area contributed by atoms with E-state index in [4.69, 9.17) is 4.74 Å². The SMILES string of the molecule is CC(C)(C)OC(=O)NCc1ccc(Br)c2ccccc12. The van der Waals surface area contributed by atoms with E-state index in [1.165, 1.54) is 0 Å². The number of hydrogen-bond acceptors (Lipinski definition) is 2. The van der Waals surface area contributed by atoms with Crippen molar-refractivity contribution in [2.45, 2.75) is 32.9 Å². The van der Waals surface area contributed by atoms with Crippen LogP contribution in [-0.2, 0) is 11.3 Å². The third-order valence-corrected chi connectivity index (χ3v) is 3.47. The first-order valence-corrected chi connectivity index (χ1v) is 7.29. The Kier molecular flexibility index (Phi) is 4.33. The molecule has 1 N–H and O–H groups in total. The van der Waals surface area contributed by atoms with Gasteiger partial charge in [0.1, 0.15) is 5.60 Å². The van der Waals surface area contributed by atoms with Crippen LogP contribution >= 0.6 is 15.9 Å². The van der Waals surface area contributed by atoms with Crippen LogP contribution < -0.4 is 5.32 Å². The number of ether oxygens (including phenoxy) is 1. The van der Waals surface area contributed by atoms with Gasteiger partial charge in [0.2, 0.25) is 0 Å². The highest BCUT2D eigenvalue weighted by atomic mass is 79.9. The van der Waals surface area contributed by atoms with E-state index in [0.29, 0.717) is 6.54 Å². The number of carbonyl (C=O) groups excluding carboxylic acids is 1. The van der Waals surface area contributed by atoms with Gasteiger partial charge in [-0.25, -0.2) is 4.79 Å². The molecule has 0 radical (unpaired) electrons. The van der Waals surface area contributed by atoms with Crippen molar-refractivity contribution in [1.29, 1.82) is 0 Å². The lowest BCUT2D eigenvalue weighted by Gasteiger charge is -2.20. The van der Waals surface area contributed by atoms with Crippen molar-refractivity contribution in [1.82, 2.24) is 5.32 Å². The molecule has 2 aromatic carbocycles. The minimum atomic E-state index is -0.480. The summed E-state index contributed by atoms with van der Waals surface area (Å²) in [4.78, 5) is 11.7. The summed E-state index contributed by atoms with van der Waals surface area (Å²) in [5.41, 5.74) is 0.584. The van der Waals surface area contributed by atoms with Crippen LogP contribution in [0.25, 0.3) is 10.8 Å². The van der Waals surface area contributed by atoms with Gasteiger partial charge in [0, 0.05) is 11.0 Å². The van der Waals surface area contributed by atoms with Gasteiger partial charge in [-0.3, -0.25) is 0 Å². The summed E-state index contributed by atoms with van der Waals surface area (Å²) in [7, 11) is 0. The third-order valence-electron chi connectivity index (χ3n) is 2.78. The molecule has 0 aliphatic rings. The first kappa shape index (κ1) is 14.9. The van der Waals surface area contributed by atoms with Crippen molar-refractivity contribution < 1.29 is 9.53 Å². The summed E-state index contributed by atoms with van der Waals surface area (Å²) in [5, 5.41) is 5.05. The van der Waals surface area contributed by atoms with Crippen LogP contribution in [-0.4, -0.2) is 11.7 Å². The van der Waals surface area contributed by atoms with Crippen molar-refractivity contribution in [2.75, 3.05) is 0 Å². The Balaban J connectivity index is 2.15. The van der Waals surface area contributed by atoms with Crippen LogP contribution in [0.5, 0.6) is 0 Å². The summed E-state index contributed by atoms with van der Waals surface area (Å²) in [6.45, 7) is 5.99. The second kappa shape index (κ2) is 5.83. The molecule has 20 heavy (non-hydrogen) atoms. The second-order valence-electron chi connectivity index (χ2n) is 5.61. The number of amides is 1. The van der Waals surface area contributed by atoms with Crippen molar-refractivity contribution in [3.05, 3.63) is 46.4 Å². The Bertz CT molecular complexity index is 632. The van der Waals surface area contributed by atoms with E-state index < -0.39 is 11.7 Å². The van der Waals surface area contributed by atoms with Gasteiger partial charge in [-0.2, -0.15) is 0 Å². The minimum Gasteiger partial charge on any atom is -0.444 e. The third kappa shape index (κ3) is 3.73. The average Bonchev–Trinajstić information content (AvgIpc) is 2.36. The monoisotopic (exact) mass is 335 g/mol. The maximum Gasteiger partial charge on any atom is 0.407 e.